The highest BCUT2D eigenvalue weighted by molar-refractivity contribution is 5.69. The van der Waals surface area contributed by atoms with Crippen molar-refractivity contribution in [1.82, 2.24) is 4.90 Å². The molecule has 21 heavy (non-hydrogen) atoms. The summed E-state index contributed by atoms with van der Waals surface area (Å²) in [5.74, 6) is 0. The van der Waals surface area contributed by atoms with E-state index in [-0.39, 0.29) is 19.3 Å². The Balaban J connectivity index is 1.60. The Hall–Kier alpha value is -2.33. The van der Waals surface area contributed by atoms with E-state index in [0.29, 0.717) is 13.1 Å². The topological polar surface area (TPSA) is 49.8 Å². The quantitative estimate of drug-likeness (QED) is 0.942. The standard InChI is InChI=1S/C17H17NO3/c19-11-14-6-7-15-9-18(10-16(15)8-14)17(20)21-12-13-4-2-1-3-5-13/h1-8,19H,9-12H2. The molecule has 1 N–H and O–H groups in total. The summed E-state index contributed by atoms with van der Waals surface area (Å²) in [6.45, 7) is 1.41. The minimum Gasteiger partial charge on any atom is -0.445 e. The Labute approximate surface area is 123 Å². The number of rotatable bonds is 3. The highest BCUT2D eigenvalue weighted by Gasteiger charge is 2.24. The Morgan fingerprint density at radius 1 is 1.05 bits per heavy atom. The van der Waals surface area contributed by atoms with Crippen LogP contribution >= 0.6 is 0 Å². The van der Waals surface area contributed by atoms with Crippen molar-refractivity contribution in [3.05, 3.63) is 70.8 Å². The SMILES string of the molecule is O=C(OCc1ccccc1)N1Cc2ccc(CO)cc2C1. The van der Waals surface area contributed by atoms with E-state index in [2.05, 4.69) is 0 Å². The van der Waals surface area contributed by atoms with Crippen molar-refractivity contribution >= 4 is 6.09 Å². The maximum Gasteiger partial charge on any atom is 0.410 e. The van der Waals surface area contributed by atoms with Crippen LogP contribution in [0.3, 0.4) is 0 Å². The lowest BCUT2D eigenvalue weighted by atomic mass is 10.1. The summed E-state index contributed by atoms with van der Waals surface area (Å²) in [6, 6.07) is 15.4. The normalized spacial score (nSPS) is 13.1. The monoisotopic (exact) mass is 283 g/mol. The first-order valence-corrected chi connectivity index (χ1v) is 6.93. The predicted molar refractivity (Wildman–Crippen MR) is 78.2 cm³/mol. The molecule has 0 bridgehead atoms. The van der Waals surface area contributed by atoms with Crippen LogP contribution in [0.5, 0.6) is 0 Å². The van der Waals surface area contributed by atoms with Crippen LogP contribution in [-0.2, 0) is 31.0 Å². The van der Waals surface area contributed by atoms with Gasteiger partial charge in [0.2, 0.25) is 0 Å². The molecule has 2 aromatic rings. The number of ether oxygens (including phenoxy) is 1. The van der Waals surface area contributed by atoms with E-state index >= 15 is 0 Å². The van der Waals surface area contributed by atoms with Gasteiger partial charge in [-0.1, -0.05) is 48.5 Å². The maximum atomic E-state index is 12.1. The first-order valence-electron chi connectivity index (χ1n) is 6.93. The number of nitrogens with zero attached hydrogens (tertiary/aromatic N) is 1. The zero-order valence-electron chi connectivity index (χ0n) is 11.7. The van der Waals surface area contributed by atoms with E-state index in [1.54, 1.807) is 4.90 Å². The van der Waals surface area contributed by atoms with Crippen molar-refractivity contribution in [2.24, 2.45) is 0 Å². The maximum absolute atomic E-state index is 12.1. The number of benzene rings is 2. The average Bonchev–Trinajstić information content (AvgIpc) is 2.96. The van der Waals surface area contributed by atoms with Crippen LogP contribution < -0.4 is 0 Å². The van der Waals surface area contributed by atoms with Crippen molar-refractivity contribution in [2.75, 3.05) is 0 Å². The molecule has 108 valence electrons. The molecule has 1 aliphatic rings. The Kier molecular flexibility index (Phi) is 3.88. The molecule has 1 aliphatic heterocycles. The van der Waals surface area contributed by atoms with Gasteiger partial charge in [-0.15, -0.1) is 0 Å². The third kappa shape index (κ3) is 3.06. The largest absolute Gasteiger partial charge is 0.445 e. The van der Waals surface area contributed by atoms with E-state index in [4.69, 9.17) is 9.84 Å². The van der Waals surface area contributed by atoms with E-state index in [9.17, 15) is 4.79 Å². The van der Waals surface area contributed by atoms with Gasteiger partial charge in [0.05, 0.1) is 6.61 Å². The smallest absolute Gasteiger partial charge is 0.410 e. The van der Waals surface area contributed by atoms with Crippen LogP contribution in [0.15, 0.2) is 48.5 Å². The summed E-state index contributed by atoms with van der Waals surface area (Å²) in [5, 5.41) is 9.15. The summed E-state index contributed by atoms with van der Waals surface area (Å²) in [7, 11) is 0. The molecule has 1 heterocycles. The van der Waals surface area contributed by atoms with Crippen molar-refractivity contribution in [2.45, 2.75) is 26.3 Å². The van der Waals surface area contributed by atoms with E-state index in [1.807, 2.05) is 48.5 Å². The molecule has 0 spiro atoms. The van der Waals surface area contributed by atoms with Gasteiger partial charge in [0.15, 0.2) is 0 Å². The lowest BCUT2D eigenvalue weighted by molar-refractivity contribution is 0.0955. The van der Waals surface area contributed by atoms with Crippen LogP contribution in [0.1, 0.15) is 22.3 Å². The summed E-state index contributed by atoms with van der Waals surface area (Å²) in [4.78, 5) is 13.8. The molecule has 0 fully saturated rings. The number of aliphatic hydroxyl groups is 1. The van der Waals surface area contributed by atoms with E-state index < -0.39 is 0 Å². The zero-order chi connectivity index (χ0) is 14.7. The van der Waals surface area contributed by atoms with Gasteiger partial charge >= 0.3 is 6.09 Å². The molecular formula is C17H17NO3. The molecule has 2 aromatic carbocycles. The van der Waals surface area contributed by atoms with E-state index in [1.165, 1.54) is 0 Å². The second-order valence-electron chi connectivity index (χ2n) is 5.16. The highest BCUT2D eigenvalue weighted by Crippen LogP contribution is 2.24. The summed E-state index contributed by atoms with van der Waals surface area (Å²) < 4.78 is 5.34. The lowest BCUT2D eigenvalue weighted by Gasteiger charge is -2.15. The van der Waals surface area contributed by atoms with Crippen molar-refractivity contribution < 1.29 is 14.6 Å². The lowest BCUT2D eigenvalue weighted by Crippen LogP contribution is -2.25. The summed E-state index contributed by atoms with van der Waals surface area (Å²) >= 11 is 0. The number of fused-ring (bicyclic) bond motifs is 1. The van der Waals surface area contributed by atoms with Crippen LogP contribution in [0.25, 0.3) is 0 Å². The Morgan fingerprint density at radius 3 is 2.57 bits per heavy atom. The van der Waals surface area contributed by atoms with Crippen LogP contribution in [0.2, 0.25) is 0 Å². The van der Waals surface area contributed by atoms with Gasteiger partial charge in [0.25, 0.3) is 0 Å². The van der Waals surface area contributed by atoms with Crippen LogP contribution in [-0.4, -0.2) is 16.1 Å². The predicted octanol–water partition coefficient (Wildman–Crippen LogP) is 2.83. The van der Waals surface area contributed by atoms with Gasteiger partial charge in [-0.3, -0.25) is 4.90 Å². The number of hydrogen-bond acceptors (Lipinski definition) is 3. The Morgan fingerprint density at radius 2 is 1.81 bits per heavy atom. The number of hydrogen-bond donors (Lipinski definition) is 1. The van der Waals surface area contributed by atoms with Crippen molar-refractivity contribution in [3.8, 4) is 0 Å². The first-order chi connectivity index (χ1) is 10.3. The highest BCUT2D eigenvalue weighted by atomic mass is 16.6. The van der Waals surface area contributed by atoms with Gasteiger partial charge in [-0.05, 0) is 22.3 Å². The fraction of sp³-hybridized carbons (Fsp3) is 0.235. The molecule has 0 aliphatic carbocycles. The third-order valence-electron chi connectivity index (χ3n) is 3.64. The number of amides is 1. The number of carbonyl (C=O) groups excluding carboxylic acids is 1. The molecule has 3 rings (SSSR count). The summed E-state index contributed by atoms with van der Waals surface area (Å²) in [5.41, 5.74) is 4.04. The van der Waals surface area contributed by atoms with Gasteiger partial charge in [-0.25, -0.2) is 4.79 Å². The molecule has 0 unspecified atom stereocenters. The minimum absolute atomic E-state index is 0.0196. The molecule has 0 saturated carbocycles. The zero-order valence-corrected chi connectivity index (χ0v) is 11.7. The average molecular weight is 283 g/mol. The molecule has 4 nitrogen and oxygen atoms in total. The molecule has 0 aromatic heterocycles. The molecule has 0 atom stereocenters. The number of carbonyl (C=O) groups is 1. The molecule has 1 amide bonds. The summed E-state index contributed by atoms with van der Waals surface area (Å²) in [6.07, 6.45) is -0.305. The van der Waals surface area contributed by atoms with Gasteiger partial charge in [0.1, 0.15) is 6.61 Å². The fourth-order valence-electron chi connectivity index (χ4n) is 2.49. The van der Waals surface area contributed by atoms with E-state index in [0.717, 1.165) is 22.3 Å². The van der Waals surface area contributed by atoms with Crippen molar-refractivity contribution in [3.63, 3.8) is 0 Å². The minimum atomic E-state index is -0.305. The molecule has 0 radical (unpaired) electrons. The van der Waals surface area contributed by atoms with Gasteiger partial charge < -0.3 is 9.84 Å². The fourth-order valence-corrected chi connectivity index (χ4v) is 2.49. The number of aliphatic hydroxyl groups excluding tert-OH is 1. The first kappa shape index (κ1) is 13.6. The second kappa shape index (κ2) is 5.97. The van der Waals surface area contributed by atoms with Gasteiger partial charge in [-0.2, -0.15) is 0 Å². The molecule has 4 heteroatoms. The van der Waals surface area contributed by atoms with Crippen LogP contribution in [0.4, 0.5) is 4.79 Å². The third-order valence-corrected chi connectivity index (χ3v) is 3.64. The van der Waals surface area contributed by atoms with Crippen molar-refractivity contribution in [1.29, 1.82) is 0 Å². The van der Waals surface area contributed by atoms with Crippen LogP contribution in [0, 0.1) is 0 Å². The second-order valence-corrected chi connectivity index (χ2v) is 5.16. The Bertz CT molecular complexity index is 640. The molecule has 0 saturated heterocycles. The van der Waals surface area contributed by atoms with Gasteiger partial charge in [0, 0.05) is 13.1 Å². The molecular weight excluding hydrogens is 266 g/mol.